The molecule has 0 bridgehead atoms. The number of hydrogen-bond acceptors (Lipinski definition) is 5. The Bertz CT molecular complexity index is 1150. The average molecular weight is 486 g/mol. The van der Waals surface area contributed by atoms with Gasteiger partial charge in [-0.25, -0.2) is 5.01 Å². The first-order chi connectivity index (χ1) is 14.5. The van der Waals surface area contributed by atoms with E-state index in [1.165, 1.54) is 0 Å². The van der Waals surface area contributed by atoms with Gasteiger partial charge < -0.3 is 14.6 Å². The van der Waals surface area contributed by atoms with Crippen LogP contribution in [-0.4, -0.2) is 22.9 Å². The van der Waals surface area contributed by atoms with E-state index in [-0.39, 0.29) is 11.8 Å². The second-order valence-electron chi connectivity index (χ2n) is 7.23. The number of hydrogen-bond donors (Lipinski definition) is 1. The molecule has 7 heteroatoms. The second kappa shape index (κ2) is 7.52. The molecule has 0 saturated carbocycles. The first kappa shape index (κ1) is 19.3. The van der Waals surface area contributed by atoms with Crippen LogP contribution in [0.2, 0.25) is 5.02 Å². The Balaban J connectivity index is 1.61. The minimum Gasteiger partial charge on any atom is -0.507 e. The third-order valence-electron chi connectivity index (χ3n) is 5.43. The van der Waals surface area contributed by atoms with Gasteiger partial charge in [-0.15, -0.1) is 0 Å². The van der Waals surface area contributed by atoms with E-state index in [4.69, 9.17) is 26.2 Å². The maximum absolute atomic E-state index is 10.5. The van der Waals surface area contributed by atoms with Crippen LogP contribution in [0.1, 0.15) is 35.4 Å². The summed E-state index contributed by atoms with van der Waals surface area (Å²) in [6.45, 7) is 0. The predicted molar refractivity (Wildman–Crippen MR) is 119 cm³/mol. The Morgan fingerprint density at radius 2 is 1.90 bits per heavy atom. The molecule has 5 rings (SSSR count). The molecule has 0 aliphatic carbocycles. The largest absolute Gasteiger partial charge is 0.507 e. The number of nitrogens with zero attached hydrogens (tertiary/aromatic N) is 2. The third-order valence-corrected chi connectivity index (χ3v) is 6.16. The SMILES string of the molecule is COc1ccc(C2=NN3[C@H](C2)c2cc(Br)ccc2O[C@H]3c2cc(Cl)ccc2O)cc1. The molecule has 0 unspecified atom stereocenters. The van der Waals surface area contributed by atoms with E-state index in [2.05, 4.69) is 22.0 Å². The maximum atomic E-state index is 10.5. The number of benzene rings is 3. The van der Waals surface area contributed by atoms with Crippen LogP contribution in [0.4, 0.5) is 0 Å². The van der Waals surface area contributed by atoms with Crippen molar-refractivity contribution in [1.29, 1.82) is 0 Å². The lowest BCUT2D eigenvalue weighted by Crippen LogP contribution is -2.33. The number of methoxy groups -OCH3 is 1. The zero-order valence-corrected chi connectivity index (χ0v) is 18.4. The van der Waals surface area contributed by atoms with Crippen LogP contribution in [0, 0.1) is 0 Å². The minimum atomic E-state index is -0.585. The van der Waals surface area contributed by atoms with E-state index < -0.39 is 6.23 Å². The molecule has 2 aliphatic rings. The van der Waals surface area contributed by atoms with E-state index >= 15 is 0 Å². The van der Waals surface area contributed by atoms with E-state index in [0.717, 1.165) is 39.2 Å². The summed E-state index contributed by atoms with van der Waals surface area (Å²) in [6.07, 6.45) is 0.134. The summed E-state index contributed by atoms with van der Waals surface area (Å²) in [5, 5.41) is 17.9. The summed E-state index contributed by atoms with van der Waals surface area (Å²) < 4.78 is 12.6. The number of ether oxygens (including phenoxy) is 2. The summed E-state index contributed by atoms with van der Waals surface area (Å²) in [4.78, 5) is 0. The summed E-state index contributed by atoms with van der Waals surface area (Å²) in [5.74, 6) is 1.70. The van der Waals surface area contributed by atoms with Gasteiger partial charge in [0.1, 0.15) is 17.2 Å². The number of fused-ring (bicyclic) bond motifs is 3. The van der Waals surface area contributed by atoms with Crippen LogP contribution in [0.15, 0.2) is 70.2 Å². The highest BCUT2D eigenvalue weighted by Gasteiger charge is 2.42. The lowest BCUT2D eigenvalue weighted by atomic mass is 9.96. The predicted octanol–water partition coefficient (Wildman–Crippen LogP) is 6.06. The maximum Gasteiger partial charge on any atom is 0.217 e. The van der Waals surface area contributed by atoms with Gasteiger partial charge in [-0.3, -0.25) is 0 Å². The molecule has 0 aromatic heterocycles. The van der Waals surface area contributed by atoms with E-state index in [0.29, 0.717) is 10.6 Å². The molecular weight excluding hydrogens is 468 g/mol. The van der Waals surface area contributed by atoms with Gasteiger partial charge >= 0.3 is 0 Å². The van der Waals surface area contributed by atoms with Crippen molar-refractivity contribution >= 4 is 33.2 Å². The fourth-order valence-corrected chi connectivity index (χ4v) is 4.50. The van der Waals surface area contributed by atoms with Crippen LogP contribution in [0.25, 0.3) is 0 Å². The molecule has 2 aliphatic heterocycles. The van der Waals surface area contributed by atoms with Crippen molar-refractivity contribution in [3.63, 3.8) is 0 Å². The molecule has 5 nitrogen and oxygen atoms in total. The van der Waals surface area contributed by atoms with Crippen molar-refractivity contribution in [3.8, 4) is 17.2 Å². The number of aromatic hydroxyl groups is 1. The summed E-state index contributed by atoms with van der Waals surface area (Å²) in [6, 6.07) is 18.8. The third kappa shape index (κ3) is 3.30. The quantitative estimate of drug-likeness (QED) is 0.490. The van der Waals surface area contributed by atoms with E-state index in [1.54, 1.807) is 25.3 Å². The van der Waals surface area contributed by atoms with Gasteiger partial charge in [0.25, 0.3) is 0 Å². The zero-order chi connectivity index (χ0) is 20.8. The van der Waals surface area contributed by atoms with Gasteiger partial charge in [-0.05, 0) is 66.2 Å². The Labute approximate surface area is 187 Å². The summed E-state index contributed by atoms with van der Waals surface area (Å²) >= 11 is 9.78. The van der Waals surface area contributed by atoms with Crippen LogP contribution in [-0.2, 0) is 0 Å². The van der Waals surface area contributed by atoms with E-state index in [1.807, 2.05) is 41.4 Å². The summed E-state index contributed by atoms with van der Waals surface area (Å²) in [7, 11) is 1.65. The van der Waals surface area contributed by atoms with Crippen LogP contribution >= 0.6 is 27.5 Å². The molecule has 0 radical (unpaired) electrons. The Morgan fingerprint density at radius 3 is 2.67 bits per heavy atom. The molecule has 152 valence electrons. The Kier molecular flexibility index (Phi) is 4.83. The molecule has 30 heavy (non-hydrogen) atoms. The highest BCUT2D eigenvalue weighted by Crippen LogP contribution is 2.49. The minimum absolute atomic E-state index is 0.0215. The number of hydrazone groups is 1. The molecular formula is C23H18BrClN2O3. The first-order valence-corrected chi connectivity index (χ1v) is 10.7. The first-order valence-electron chi connectivity index (χ1n) is 9.48. The molecule has 3 aromatic rings. The highest BCUT2D eigenvalue weighted by atomic mass is 79.9. The van der Waals surface area contributed by atoms with Crippen molar-refractivity contribution in [3.05, 3.63) is 86.8 Å². The fraction of sp³-hybridized carbons (Fsp3) is 0.174. The van der Waals surface area contributed by atoms with Crippen LogP contribution in [0.5, 0.6) is 17.2 Å². The molecule has 2 atom stereocenters. The number of phenolic OH excluding ortho intramolecular Hbond substituents is 1. The second-order valence-corrected chi connectivity index (χ2v) is 8.58. The van der Waals surface area contributed by atoms with Gasteiger partial charge in [0.05, 0.1) is 24.4 Å². The van der Waals surface area contributed by atoms with Crippen LogP contribution in [0.3, 0.4) is 0 Å². The molecule has 0 spiro atoms. The topological polar surface area (TPSA) is 54.3 Å². The van der Waals surface area contributed by atoms with Gasteiger partial charge in [0.2, 0.25) is 6.23 Å². The smallest absolute Gasteiger partial charge is 0.217 e. The van der Waals surface area contributed by atoms with Crippen molar-refractivity contribution in [1.82, 2.24) is 5.01 Å². The molecule has 3 aromatic carbocycles. The number of phenols is 1. The lowest BCUT2D eigenvalue weighted by Gasteiger charge is -2.38. The zero-order valence-electron chi connectivity index (χ0n) is 16.0. The van der Waals surface area contributed by atoms with Crippen molar-refractivity contribution in [2.24, 2.45) is 5.10 Å². The molecule has 0 amide bonds. The Hall–Kier alpha value is -2.70. The summed E-state index contributed by atoms with van der Waals surface area (Å²) in [5.41, 5.74) is 3.61. The van der Waals surface area contributed by atoms with Crippen LogP contribution < -0.4 is 9.47 Å². The number of rotatable bonds is 3. The Morgan fingerprint density at radius 1 is 1.10 bits per heavy atom. The number of halogens is 2. The van der Waals surface area contributed by atoms with Crippen molar-refractivity contribution < 1.29 is 14.6 Å². The van der Waals surface area contributed by atoms with Crippen molar-refractivity contribution in [2.75, 3.05) is 7.11 Å². The molecule has 0 saturated heterocycles. The molecule has 2 heterocycles. The van der Waals surface area contributed by atoms with Crippen molar-refractivity contribution in [2.45, 2.75) is 18.7 Å². The standard InChI is InChI=1S/C23H18BrClN2O3/c1-29-16-6-2-13(3-7-16)19-12-20-17-10-14(24)4-9-22(17)30-23(27(20)26-19)18-11-15(25)5-8-21(18)28/h2-11,20,23,28H,12H2,1H3/t20-,23+/m1/s1. The van der Waals surface area contributed by atoms with Gasteiger partial charge in [0, 0.05) is 21.5 Å². The van der Waals surface area contributed by atoms with Gasteiger partial charge in [-0.2, -0.15) is 5.10 Å². The molecule has 0 fully saturated rings. The van der Waals surface area contributed by atoms with Gasteiger partial charge in [0.15, 0.2) is 0 Å². The van der Waals surface area contributed by atoms with E-state index in [9.17, 15) is 5.11 Å². The molecule has 1 N–H and O–H groups in total. The van der Waals surface area contributed by atoms with Gasteiger partial charge in [-0.1, -0.05) is 27.5 Å². The fourth-order valence-electron chi connectivity index (χ4n) is 3.94. The monoisotopic (exact) mass is 484 g/mol. The normalized spacial score (nSPS) is 19.6. The average Bonchev–Trinajstić information content (AvgIpc) is 3.21. The highest BCUT2D eigenvalue weighted by molar-refractivity contribution is 9.10. The lowest BCUT2D eigenvalue weighted by molar-refractivity contribution is -0.0203.